The first kappa shape index (κ1) is 34.9. The van der Waals surface area contributed by atoms with Crippen LogP contribution in [0.3, 0.4) is 0 Å². The summed E-state index contributed by atoms with van der Waals surface area (Å²) in [5.74, 6) is 0.509. The molecule has 0 spiro atoms. The second-order valence-corrected chi connectivity index (χ2v) is 13.2. The van der Waals surface area contributed by atoms with Gasteiger partial charge in [0.05, 0.1) is 33.7 Å². The van der Waals surface area contributed by atoms with Gasteiger partial charge in [0.15, 0.2) is 0 Å². The summed E-state index contributed by atoms with van der Waals surface area (Å²) in [5, 5.41) is 14.0. The lowest BCUT2D eigenvalue weighted by Gasteiger charge is -2.30. The van der Waals surface area contributed by atoms with Crippen molar-refractivity contribution in [3.8, 4) is 5.75 Å². The van der Waals surface area contributed by atoms with Crippen molar-refractivity contribution in [1.29, 1.82) is 0 Å². The number of phenolic OH excluding ortho intramolecular Hbond substituents is 1. The summed E-state index contributed by atoms with van der Waals surface area (Å²) in [6, 6.07) is 4.17. The average Bonchev–Trinajstić information content (AvgIpc) is 2.73. The standard InChI is InChI=1S/C31H56N2O2.BrH/c1-10-11-12-13-14-15-16-17-21-33(8,9)22-20-32-28(34)19-18-25-23-26(30(2,3)4)29(35)27(24-25)31(5,6)7;/h23-24H,10-22H2,1-9H3,(H-,32,34,35);1H. The van der Waals surface area contributed by atoms with E-state index >= 15 is 0 Å². The number of halogens is 1. The summed E-state index contributed by atoms with van der Waals surface area (Å²) in [6.45, 7) is 17.9. The van der Waals surface area contributed by atoms with E-state index in [1.54, 1.807) is 0 Å². The van der Waals surface area contributed by atoms with E-state index < -0.39 is 0 Å². The van der Waals surface area contributed by atoms with E-state index in [0.717, 1.165) is 34.3 Å². The van der Waals surface area contributed by atoms with Gasteiger partial charge in [-0.1, -0.05) is 99.1 Å². The van der Waals surface area contributed by atoms with Crippen molar-refractivity contribution in [3.63, 3.8) is 0 Å². The van der Waals surface area contributed by atoms with E-state index in [4.69, 9.17) is 0 Å². The summed E-state index contributed by atoms with van der Waals surface area (Å²) in [7, 11) is 4.54. The van der Waals surface area contributed by atoms with Crippen LogP contribution in [-0.4, -0.2) is 49.2 Å². The lowest BCUT2D eigenvalue weighted by molar-refractivity contribution is -0.889. The lowest BCUT2D eigenvalue weighted by atomic mass is 9.78. The summed E-state index contributed by atoms with van der Waals surface area (Å²) in [6.07, 6.45) is 11.9. The van der Waals surface area contributed by atoms with Gasteiger partial charge in [0, 0.05) is 6.42 Å². The summed E-state index contributed by atoms with van der Waals surface area (Å²) in [5.41, 5.74) is 2.74. The Balaban J connectivity index is 0.0000122. The number of unbranched alkanes of at least 4 members (excludes halogenated alkanes) is 7. The summed E-state index contributed by atoms with van der Waals surface area (Å²) >= 11 is 0. The number of nitrogens with one attached hydrogen (secondary N) is 1. The molecule has 0 aliphatic heterocycles. The molecule has 0 saturated carbocycles. The predicted octanol–water partition coefficient (Wildman–Crippen LogP) is 4.26. The molecule has 36 heavy (non-hydrogen) atoms. The van der Waals surface area contributed by atoms with Crippen LogP contribution in [0.2, 0.25) is 0 Å². The number of phenols is 1. The number of hydrogen-bond donors (Lipinski definition) is 2. The molecular weight excluding hydrogens is 512 g/mol. The topological polar surface area (TPSA) is 49.3 Å². The molecule has 0 fully saturated rings. The van der Waals surface area contributed by atoms with Crippen molar-refractivity contribution in [2.75, 3.05) is 33.7 Å². The Morgan fingerprint density at radius 2 is 1.31 bits per heavy atom. The Labute approximate surface area is 234 Å². The third-order valence-corrected chi connectivity index (χ3v) is 7.08. The van der Waals surface area contributed by atoms with Gasteiger partial charge in [0.1, 0.15) is 5.75 Å². The number of nitrogens with zero attached hydrogens (tertiary/aromatic N) is 1. The van der Waals surface area contributed by atoms with E-state index in [0.29, 0.717) is 18.6 Å². The highest BCUT2D eigenvalue weighted by molar-refractivity contribution is 5.76. The van der Waals surface area contributed by atoms with Crippen molar-refractivity contribution in [1.82, 2.24) is 5.32 Å². The number of aromatic hydroxyl groups is 1. The smallest absolute Gasteiger partial charge is 0.220 e. The Morgan fingerprint density at radius 3 is 1.78 bits per heavy atom. The van der Waals surface area contributed by atoms with Crippen LogP contribution >= 0.6 is 0 Å². The van der Waals surface area contributed by atoms with Gasteiger partial charge in [0.2, 0.25) is 5.91 Å². The Hall–Kier alpha value is -1.07. The Morgan fingerprint density at radius 1 is 0.833 bits per heavy atom. The molecule has 0 heterocycles. The molecule has 0 atom stereocenters. The van der Waals surface area contributed by atoms with E-state index in [1.165, 1.54) is 57.9 Å². The lowest BCUT2D eigenvalue weighted by Crippen LogP contribution is -3.00. The molecule has 1 aromatic carbocycles. The molecule has 0 saturated heterocycles. The van der Waals surface area contributed by atoms with E-state index in [-0.39, 0.29) is 33.7 Å². The fourth-order valence-electron chi connectivity index (χ4n) is 4.61. The third kappa shape index (κ3) is 13.5. The number of amides is 1. The fraction of sp³-hybridized carbons (Fsp3) is 0.774. The molecule has 0 unspecified atom stereocenters. The number of carbonyl (C=O) groups excluding carboxylic acids is 1. The minimum Gasteiger partial charge on any atom is -1.00 e. The second-order valence-electron chi connectivity index (χ2n) is 13.2. The SMILES string of the molecule is CCCCCCCCCC[N+](C)(C)CCNC(=O)CCc1cc(C(C)(C)C)c(O)c(C(C)(C)C)c1.[Br-]. The minimum absolute atomic E-state index is 0. The number of hydrogen-bond acceptors (Lipinski definition) is 2. The fourth-order valence-corrected chi connectivity index (χ4v) is 4.61. The molecule has 0 aromatic heterocycles. The van der Waals surface area contributed by atoms with Crippen LogP contribution in [0, 0.1) is 0 Å². The first-order valence-corrected chi connectivity index (χ1v) is 14.1. The first-order valence-electron chi connectivity index (χ1n) is 14.1. The number of rotatable bonds is 15. The molecule has 210 valence electrons. The number of likely N-dealkylation sites (N-methyl/N-ethyl adjacent to an activating group) is 1. The van der Waals surface area contributed by atoms with Gasteiger partial charge in [-0.15, -0.1) is 0 Å². The van der Waals surface area contributed by atoms with Crippen molar-refractivity contribution in [2.24, 2.45) is 0 Å². The van der Waals surface area contributed by atoms with Crippen LogP contribution in [-0.2, 0) is 22.0 Å². The van der Waals surface area contributed by atoms with Crippen LogP contribution in [0.15, 0.2) is 12.1 Å². The summed E-state index contributed by atoms with van der Waals surface area (Å²) < 4.78 is 0.956. The molecule has 1 aromatic rings. The van der Waals surface area contributed by atoms with Gasteiger partial charge in [-0.2, -0.15) is 0 Å². The van der Waals surface area contributed by atoms with Crippen molar-refractivity contribution in [2.45, 2.75) is 124 Å². The quantitative estimate of drug-likeness (QED) is 0.245. The minimum atomic E-state index is -0.152. The largest absolute Gasteiger partial charge is 1.00 e. The van der Waals surface area contributed by atoms with E-state index in [2.05, 4.69) is 80.0 Å². The van der Waals surface area contributed by atoms with Gasteiger partial charge in [-0.3, -0.25) is 4.79 Å². The monoisotopic (exact) mass is 568 g/mol. The highest BCUT2D eigenvalue weighted by atomic mass is 79.9. The predicted molar refractivity (Wildman–Crippen MR) is 151 cm³/mol. The van der Waals surface area contributed by atoms with E-state index in [9.17, 15) is 9.90 Å². The molecule has 5 heteroatoms. The van der Waals surface area contributed by atoms with Crippen molar-refractivity contribution >= 4 is 5.91 Å². The number of aryl methyl sites for hydroxylation is 1. The Bertz CT molecular complexity index is 741. The normalized spacial score (nSPS) is 12.4. The number of quaternary nitrogens is 1. The van der Waals surface area contributed by atoms with Crippen molar-refractivity contribution < 1.29 is 31.4 Å². The molecule has 0 aliphatic carbocycles. The molecule has 1 rings (SSSR count). The molecule has 0 radical (unpaired) electrons. The van der Waals surface area contributed by atoms with Crippen LogP contribution in [0.25, 0.3) is 0 Å². The molecule has 0 aliphatic rings. The highest BCUT2D eigenvalue weighted by Crippen LogP contribution is 2.40. The first-order chi connectivity index (χ1) is 16.2. The summed E-state index contributed by atoms with van der Waals surface area (Å²) in [4.78, 5) is 12.6. The van der Waals surface area contributed by atoms with Crippen LogP contribution < -0.4 is 22.3 Å². The molecule has 2 N–H and O–H groups in total. The van der Waals surface area contributed by atoms with Crippen LogP contribution in [0.1, 0.15) is 123 Å². The maximum Gasteiger partial charge on any atom is 0.220 e. The molecule has 1 amide bonds. The zero-order valence-electron chi connectivity index (χ0n) is 25.0. The zero-order valence-corrected chi connectivity index (χ0v) is 26.6. The zero-order chi connectivity index (χ0) is 26.7. The van der Waals surface area contributed by atoms with Gasteiger partial charge in [0.25, 0.3) is 0 Å². The average molecular weight is 570 g/mol. The Kier molecular flexibility index (Phi) is 15.5. The number of carbonyl (C=O) groups is 1. The molecule has 4 nitrogen and oxygen atoms in total. The van der Waals surface area contributed by atoms with Gasteiger partial charge in [-0.05, 0) is 46.8 Å². The van der Waals surface area contributed by atoms with Gasteiger partial charge in [-0.25, -0.2) is 0 Å². The van der Waals surface area contributed by atoms with Gasteiger partial charge < -0.3 is 31.9 Å². The van der Waals surface area contributed by atoms with Crippen LogP contribution in [0.4, 0.5) is 0 Å². The van der Waals surface area contributed by atoms with Gasteiger partial charge >= 0.3 is 0 Å². The second kappa shape index (κ2) is 16.0. The third-order valence-electron chi connectivity index (χ3n) is 7.08. The maximum absolute atomic E-state index is 12.6. The van der Waals surface area contributed by atoms with Crippen molar-refractivity contribution in [3.05, 3.63) is 28.8 Å². The maximum atomic E-state index is 12.6. The molecule has 0 bridgehead atoms. The molecular formula is C31H57BrN2O2. The number of benzene rings is 1. The van der Waals surface area contributed by atoms with Crippen LogP contribution in [0.5, 0.6) is 5.75 Å². The van der Waals surface area contributed by atoms with E-state index in [1.807, 2.05) is 0 Å². The highest BCUT2D eigenvalue weighted by Gasteiger charge is 2.26.